The number of thiazole rings is 1. The largest absolute Gasteiger partial charge is 0.410 e. The standard InChI is InChI=1S/C11H11Cl2N3OS2/c1-5-8(19-6(2)14-5)9-15-16-10(17-9)18-4-7-3-11(7,12)13/h7H,3-4H2,1-2H3/t7-/m0/s1. The van der Waals surface area contributed by atoms with E-state index in [0.717, 1.165) is 27.8 Å². The Morgan fingerprint density at radius 3 is 2.74 bits per heavy atom. The summed E-state index contributed by atoms with van der Waals surface area (Å²) >= 11 is 15.0. The van der Waals surface area contributed by atoms with Crippen LogP contribution in [0.4, 0.5) is 0 Å². The molecule has 2 aromatic rings. The molecule has 1 atom stereocenters. The van der Waals surface area contributed by atoms with Crippen LogP contribution in [0, 0.1) is 19.8 Å². The summed E-state index contributed by atoms with van der Waals surface area (Å²) in [5.41, 5.74) is 0.922. The predicted molar refractivity (Wildman–Crippen MR) is 78.1 cm³/mol. The molecule has 0 amide bonds. The van der Waals surface area contributed by atoms with Gasteiger partial charge in [0.1, 0.15) is 9.21 Å². The average Bonchev–Trinajstić information content (AvgIpc) is 2.68. The average molecular weight is 336 g/mol. The highest BCUT2D eigenvalue weighted by atomic mass is 35.5. The van der Waals surface area contributed by atoms with E-state index < -0.39 is 4.33 Å². The lowest BCUT2D eigenvalue weighted by molar-refractivity contribution is 0.466. The van der Waals surface area contributed by atoms with Gasteiger partial charge in [-0.25, -0.2) is 4.98 Å². The van der Waals surface area contributed by atoms with Gasteiger partial charge < -0.3 is 4.42 Å². The second-order valence-corrected chi connectivity index (χ2v) is 8.21. The summed E-state index contributed by atoms with van der Waals surface area (Å²) in [7, 11) is 0. The van der Waals surface area contributed by atoms with E-state index in [9.17, 15) is 0 Å². The lowest BCUT2D eigenvalue weighted by Crippen LogP contribution is -1.92. The second kappa shape index (κ2) is 4.91. The summed E-state index contributed by atoms with van der Waals surface area (Å²) in [6.45, 7) is 3.90. The van der Waals surface area contributed by atoms with E-state index in [-0.39, 0.29) is 0 Å². The molecule has 0 radical (unpaired) electrons. The number of rotatable bonds is 4. The second-order valence-electron chi connectivity index (χ2n) is 4.49. The molecule has 0 aromatic carbocycles. The summed E-state index contributed by atoms with van der Waals surface area (Å²) in [5.74, 6) is 1.64. The molecule has 1 aliphatic rings. The first-order valence-corrected chi connectivity index (χ1v) is 8.30. The van der Waals surface area contributed by atoms with Gasteiger partial charge in [-0.15, -0.1) is 44.7 Å². The summed E-state index contributed by atoms with van der Waals surface area (Å²) in [6, 6.07) is 0. The number of halogens is 2. The van der Waals surface area contributed by atoms with E-state index in [1.54, 1.807) is 11.3 Å². The number of aryl methyl sites for hydroxylation is 2. The molecular formula is C11H11Cl2N3OS2. The highest BCUT2D eigenvalue weighted by Gasteiger charge is 2.51. The minimum absolute atomic E-state index is 0.309. The van der Waals surface area contributed by atoms with E-state index in [4.69, 9.17) is 27.6 Å². The van der Waals surface area contributed by atoms with Gasteiger partial charge in [-0.2, -0.15) is 0 Å². The number of nitrogens with zero attached hydrogens (tertiary/aromatic N) is 3. The van der Waals surface area contributed by atoms with Crippen LogP contribution in [0.15, 0.2) is 9.64 Å². The Hall–Kier alpha value is -0.300. The van der Waals surface area contributed by atoms with Gasteiger partial charge >= 0.3 is 0 Å². The van der Waals surface area contributed by atoms with Gasteiger partial charge in [0.05, 0.1) is 10.7 Å². The van der Waals surface area contributed by atoms with Crippen molar-refractivity contribution < 1.29 is 4.42 Å². The van der Waals surface area contributed by atoms with Crippen LogP contribution in [0.5, 0.6) is 0 Å². The van der Waals surface area contributed by atoms with Crippen molar-refractivity contribution in [3.63, 3.8) is 0 Å². The SMILES string of the molecule is Cc1nc(C)c(-c2nnc(SC[C@@H]3CC3(Cl)Cl)o2)s1. The molecule has 1 aliphatic carbocycles. The zero-order valence-corrected chi connectivity index (χ0v) is 13.5. The lowest BCUT2D eigenvalue weighted by Gasteiger charge is -1.96. The van der Waals surface area contributed by atoms with Crippen molar-refractivity contribution in [3.8, 4) is 10.8 Å². The molecule has 1 saturated carbocycles. The van der Waals surface area contributed by atoms with Crippen LogP contribution in [0.1, 0.15) is 17.1 Å². The third kappa shape index (κ3) is 2.91. The third-order valence-electron chi connectivity index (χ3n) is 2.87. The monoisotopic (exact) mass is 335 g/mol. The molecule has 102 valence electrons. The van der Waals surface area contributed by atoms with Crippen molar-refractivity contribution in [3.05, 3.63) is 10.7 Å². The van der Waals surface area contributed by atoms with E-state index in [1.165, 1.54) is 11.8 Å². The number of alkyl halides is 2. The van der Waals surface area contributed by atoms with Crippen LogP contribution in [0.2, 0.25) is 0 Å². The Kier molecular flexibility index (Phi) is 3.53. The highest BCUT2D eigenvalue weighted by molar-refractivity contribution is 7.99. The van der Waals surface area contributed by atoms with Crippen molar-refractivity contribution in [1.82, 2.24) is 15.2 Å². The van der Waals surface area contributed by atoms with Gasteiger partial charge in [-0.1, -0.05) is 11.8 Å². The van der Waals surface area contributed by atoms with Gasteiger partial charge in [0, 0.05) is 11.7 Å². The Labute approximate surface area is 128 Å². The lowest BCUT2D eigenvalue weighted by atomic mass is 10.4. The Bertz CT molecular complexity index is 611. The predicted octanol–water partition coefficient (Wildman–Crippen LogP) is 4.10. The van der Waals surface area contributed by atoms with Crippen LogP contribution < -0.4 is 0 Å². The first-order chi connectivity index (χ1) is 8.95. The van der Waals surface area contributed by atoms with Crippen LogP contribution in [0.25, 0.3) is 10.8 Å². The van der Waals surface area contributed by atoms with Gasteiger partial charge in [0.25, 0.3) is 11.1 Å². The van der Waals surface area contributed by atoms with E-state index >= 15 is 0 Å². The van der Waals surface area contributed by atoms with Crippen LogP contribution in [0.3, 0.4) is 0 Å². The molecule has 0 unspecified atom stereocenters. The molecule has 4 nitrogen and oxygen atoms in total. The number of thioether (sulfide) groups is 1. The molecule has 0 bridgehead atoms. The fourth-order valence-corrected chi connectivity index (χ4v) is 4.25. The Morgan fingerprint density at radius 1 is 1.42 bits per heavy atom. The van der Waals surface area contributed by atoms with Gasteiger partial charge in [0.15, 0.2) is 0 Å². The minimum Gasteiger partial charge on any atom is -0.410 e. The molecule has 3 rings (SSSR count). The molecule has 2 heterocycles. The van der Waals surface area contributed by atoms with Crippen molar-refractivity contribution in [2.45, 2.75) is 29.8 Å². The van der Waals surface area contributed by atoms with E-state index in [2.05, 4.69) is 15.2 Å². The first-order valence-electron chi connectivity index (χ1n) is 5.74. The molecular weight excluding hydrogens is 325 g/mol. The molecule has 8 heteroatoms. The van der Waals surface area contributed by atoms with Gasteiger partial charge in [-0.05, 0) is 20.3 Å². The molecule has 0 aliphatic heterocycles. The fraction of sp³-hybridized carbons (Fsp3) is 0.545. The molecule has 0 N–H and O–H groups in total. The summed E-state index contributed by atoms with van der Waals surface area (Å²) < 4.78 is 5.08. The molecule has 0 saturated heterocycles. The van der Waals surface area contributed by atoms with Crippen LogP contribution >= 0.6 is 46.3 Å². The van der Waals surface area contributed by atoms with E-state index in [0.29, 0.717) is 17.0 Å². The zero-order valence-electron chi connectivity index (χ0n) is 10.3. The molecule has 0 spiro atoms. The van der Waals surface area contributed by atoms with Crippen LogP contribution in [-0.2, 0) is 0 Å². The number of aromatic nitrogens is 3. The molecule has 19 heavy (non-hydrogen) atoms. The quantitative estimate of drug-likeness (QED) is 0.622. The maximum absolute atomic E-state index is 5.98. The Balaban J connectivity index is 1.68. The van der Waals surface area contributed by atoms with E-state index in [1.807, 2.05) is 13.8 Å². The maximum atomic E-state index is 5.98. The molecule has 2 aromatic heterocycles. The maximum Gasteiger partial charge on any atom is 0.276 e. The van der Waals surface area contributed by atoms with Gasteiger partial charge in [-0.3, -0.25) is 0 Å². The molecule has 1 fully saturated rings. The highest BCUT2D eigenvalue weighted by Crippen LogP contribution is 2.54. The van der Waals surface area contributed by atoms with Crippen LogP contribution in [-0.4, -0.2) is 25.3 Å². The van der Waals surface area contributed by atoms with Crippen molar-refractivity contribution in [1.29, 1.82) is 0 Å². The van der Waals surface area contributed by atoms with Crippen molar-refractivity contribution >= 4 is 46.3 Å². The summed E-state index contributed by atoms with van der Waals surface area (Å²) in [6.07, 6.45) is 0.831. The fourth-order valence-electron chi connectivity index (χ4n) is 1.71. The first kappa shape index (κ1) is 13.7. The van der Waals surface area contributed by atoms with Crippen molar-refractivity contribution in [2.24, 2.45) is 5.92 Å². The topological polar surface area (TPSA) is 51.8 Å². The Morgan fingerprint density at radius 2 is 2.16 bits per heavy atom. The summed E-state index contributed by atoms with van der Waals surface area (Å²) in [5, 5.41) is 9.64. The van der Waals surface area contributed by atoms with Crippen molar-refractivity contribution in [2.75, 3.05) is 5.75 Å². The smallest absolute Gasteiger partial charge is 0.276 e. The normalized spacial score (nSPS) is 20.7. The zero-order chi connectivity index (χ0) is 13.6. The number of hydrogen-bond acceptors (Lipinski definition) is 6. The minimum atomic E-state index is -0.554. The summed E-state index contributed by atoms with van der Waals surface area (Å²) in [4.78, 5) is 5.29. The third-order valence-corrected chi connectivity index (χ3v) is 5.84. The number of hydrogen-bond donors (Lipinski definition) is 0. The van der Waals surface area contributed by atoms with Gasteiger partial charge in [0.2, 0.25) is 0 Å².